The Kier molecular flexibility index (Phi) is 3.07. The molecule has 5 rings (SSSR count). The fourth-order valence-corrected chi connectivity index (χ4v) is 5.80. The van der Waals surface area contributed by atoms with Crippen molar-refractivity contribution in [1.29, 1.82) is 0 Å². The lowest BCUT2D eigenvalue weighted by molar-refractivity contribution is 0.175. The predicted octanol–water partition coefficient (Wildman–Crippen LogP) is 4.22. The van der Waals surface area contributed by atoms with E-state index in [0.29, 0.717) is 5.56 Å². The Hall–Kier alpha value is -2.43. The molecule has 4 heteroatoms. The van der Waals surface area contributed by atoms with Crippen LogP contribution < -0.4 is 0 Å². The molecule has 1 aliphatic heterocycles. The molecule has 0 radical (unpaired) electrons. The molecule has 0 atom stereocenters. The SMILES string of the molecule is Cc1ccc2c(c1)Cc1cc(C)ccc1C21OS(=O)(=O)c2ccccc21. The Morgan fingerprint density at radius 1 is 0.808 bits per heavy atom. The number of benzene rings is 3. The number of hydrogen-bond donors (Lipinski definition) is 0. The van der Waals surface area contributed by atoms with Gasteiger partial charge in [-0.2, -0.15) is 8.42 Å². The summed E-state index contributed by atoms with van der Waals surface area (Å²) in [6.07, 6.45) is 0.779. The smallest absolute Gasteiger partial charge is 0.245 e. The van der Waals surface area contributed by atoms with Crippen molar-refractivity contribution in [3.63, 3.8) is 0 Å². The summed E-state index contributed by atoms with van der Waals surface area (Å²) in [6, 6.07) is 19.5. The molecule has 0 aromatic heterocycles. The Morgan fingerprint density at radius 2 is 1.38 bits per heavy atom. The van der Waals surface area contributed by atoms with Gasteiger partial charge in [0, 0.05) is 5.56 Å². The van der Waals surface area contributed by atoms with Gasteiger partial charge in [0.1, 0.15) is 4.90 Å². The monoisotopic (exact) mass is 362 g/mol. The number of hydrogen-bond acceptors (Lipinski definition) is 3. The van der Waals surface area contributed by atoms with Gasteiger partial charge in [0.25, 0.3) is 10.1 Å². The van der Waals surface area contributed by atoms with Crippen molar-refractivity contribution < 1.29 is 12.6 Å². The average Bonchev–Trinajstić information content (AvgIpc) is 2.83. The van der Waals surface area contributed by atoms with E-state index in [-0.39, 0.29) is 4.90 Å². The van der Waals surface area contributed by atoms with E-state index in [4.69, 9.17) is 4.18 Å². The van der Waals surface area contributed by atoms with Gasteiger partial charge in [0.05, 0.1) is 0 Å². The highest BCUT2D eigenvalue weighted by Gasteiger charge is 2.54. The summed E-state index contributed by atoms with van der Waals surface area (Å²) in [7, 11) is -3.82. The Bertz CT molecular complexity index is 1120. The molecule has 2 aliphatic rings. The van der Waals surface area contributed by atoms with Gasteiger partial charge >= 0.3 is 0 Å². The first kappa shape index (κ1) is 15.8. The minimum atomic E-state index is -3.82. The van der Waals surface area contributed by atoms with Gasteiger partial charge in [-0.3, -0.25) is 0 Å². The zero-order valence-electron chi connectivity index (χ0n) is 14.6. The van der Waals surface area contributed by atoms with Crippen molar-refractivity contribution >= 4 is 10.1 Å². The van der Waals surface area contributed by atoms with Crippen LogP contribution in [0.1, 0.15) is 38.9 Å². The van der Waals surface area contributed by atoms with E-state index < -0.39 is 15.7 Å². The molecule has 0 fully saturated rings. The third kappa shape index (κ3) is 1.94. The highest BCUT2D eigenvalue weighted by atomic mass is 32.2. The molecule has 3 aromatic rings. The van der Waals surface area contributed by atoms with Gasteiger partial charge in [-0.25, -0.2) is 4.18 Å². The van der Waals surface area contributed by atoms with Crippen molar-refractivity contribution in [3.05, 3.63) is 99.6 Å². The fraction of sp³-hybridized carbons (Fsp3) is 0.182. The van der Waals surface area contributed by atoms with Crippen molar-refractivity contribution in [2.24, 2.45) is 0 Å². The first-order valence-corrected chi connectivity index (χ1v) is 10.1. The van der Waals surface area contributed by atoms with Gasteiger partial charge in [0.2, 0.25) is 0 Å². The predicted molar refractivity (Wildman–Crippen MR) is 99.8 cm³/mol. The van der Waals surface area contributed by atoms with Gasteiger partial charge in [-0.05, 0) is 48.6 Å². The quantitative estimate of drug-likeness (QED) is 0.563. The van der Waals surface area contributed by atoms with Crippen LogP contribution in [0.25, 0.3) is 0 Å². The van der Waals surface area contributed by atoms with E-state index in [1.807, 2.05) is 36.4 Å². The van der Waals surface area contributed by atoms with Crippen LogP contribution in [0.5, 0.6) is 0 Å². The van der Waals surface area contributed by atoms with Crippen molar-refractivity contribution in [3.8, 4) is 0 Å². The van der Waals surface area contributed by atoms with E-state index in [1.165, 1.54) is 0 Å². The molecule has 0 amide bonds. The zero-order chi connectivity index (χ0) is 18.1. The topological polar surface area (TPSA) is 43.4 Å². The lowest BCUT2D eigenvalue weighted by Gasteiger charge is -2.37. The maximum absolute atomic E-state index is 12.9. The van der Waals surface area contributed by atoms with Crippen LogP contribution >= 0.6 is 0 Å². The van der Waals surface area contributed by atoms with E-state index in [1.54, 1.807) is 12.1 Å². The summed E-state index contributed by atoms with van der Waals surface area (Å²) in [5.74, 6) is 0. The second-order valence-corrected chi connectivity index (χ2v) is 8.73. The molecule has 1 spiro atoms. The van der Waals surface area contributed by atoms with Gasteiger partial charge in [-0.1, -0.05) is 65.7 Å². The van der Waals surface area contributed by atoms with E-state index >= 15 is 0 Å². The Balaban J connectivity index is 1.95. The molecule has 26 heavy (non-hydrogen) atoms. The minimum Gasteiger partial charge on any atom is -0.245 e. The second-order valence-electron chi connectivity index (χ2n) is 7.21. The molecule has 0 saturated heterocycles. The first-order valence-electron chi connectivity index (χ1n) is 8.67. The van der Waals surface area contributed by atoms with Gasteiger partial charge in [-0.15, -0.1) is 0 Å². The van der Waals surface area contributed by atoms with Crippen molar-refractivity contribution in [1.82, 2.24) is 0 Å². The Labute approximate surface area is 153 Å². The van der Waals surface area contributed by atoms with Crippen LogP contribution in [0.15, 0.2) is 65.6 Å². The van der Waals surface area contributed by atoms with E-state index in [9.17, 15) is 8.42 Å². The van der Waals surface area contributed by atoms with Crippen LogP contribution in [0, 0.1) is 13.8 Å². The molecular formula is C22H18O3S. The molecule has 0 unspecified atom stereocenters. The summed E-state index contributed by atoms with van der Waals surface area (Å²) in [5, 5.41) is 0. The normalized spacial score (nSPS) is 18.2. The first-order chi connectivity index (χ1) is 12.4. The number of fused-ring (bicyclic) bond motifs is 6. The lowest BCUT2D eigenvalue weighted by atomic mass is 9.71. The van der Waals surface area contributed by atoms with Crippen LogP contribution in [0.4, 0.5) is 0 Å². The van der Waals surface area contributed by atoms with Crippen LogP contribution in [-0.2, 0) is 26.3 Å². The zero-order valence-corrected chi connectivity index (χ0v) is 15.4. The Morgan fingerprint density at radius 3 is 2.00 bits per heavy atom. The second kappa shape index (κ2) is 5.06. The van der Waals surface area contributed by atoms with Crippen LogP contribution in [-0.4, -0.2) is 8.42 Å². The van der Waals surface area contributed by atoms with E-state index in [2.05, 4.69) is 26.0 Å². The molecular weight excluding hydrogens is 344 g/mol. The van der Waals surface area contributed by atoms with Gasteiger partial charge in [0.15, 0.2) is 5.60 Å². The van der Waals surface area contributed by atoms with Crippen molar-refractivity contribution in [2.75, 3.05) is 0 Å². The lowest BCUT2D eigenvalue weighted by Crippen LogP contribution is -2.35. The summed E-state index contributed by atoms with van der Waals surface area (Å²) in [6.45, 7) is 4.11. The molecule has 0 bridgehead atoms. The summed E-state index contributed by atoms with van der Waals surface area (Å²) in [5.41, 5.74) is 6.01. The molecule has 0 saturated carbocycles. The van der Waals surface area contributed by atoms with Crippen LogP contribution in [0.3, 0.4) is 0 Å². The largest absolute Gasteiger partial charge is 0.298 e. The summed E-state index contributed by atoms with van der Waals surface area (Å²) < 4.78 is 31.7. The maximum atomic E-state index is 12.9. The molecule has 0 N–H and O–H groups in total. The van der Waals surface area contributed by atoms with Gasteiger partial charge < -0.3 is 0 Å². The number of aryl methyl sites for hydroxylation is 2. The summed E-state index contributed by atoms with van der Waals surface area (Å²) in [4.78, 5) is 0.264. The molecule has 3 nitrogen and oxygen atoms in total. The third-order valence-electron chi connectivity index (χ3n) is 5.43. The third-order valence-corrected chi connectivity index (χ3v) is 6.80. The molecule has 1 aliphatic carbocycles. The molecule has 1 heterocycles. The van der Waals surface area contributed by atoms with Crippen molar-refractivity contribution in [2.45, 2.75) is 30.8 Å². The molecule has 3 aromatic carbocycles. The highest BCUT2D eigenvalue weighted by Crippen LogP contribution is 2.54. The average molecular weight is 362 g/mol. The molecule has 130 valence electrons. The standard InChI is InChI=1S/C22H18O3S/c1-14-7-9-18-16(11-14)13-17-12-15(2)8-10-19(17)22(18)20-5-3-4-6-21(20)26(23,24)25-22/h3-12H,13H2,1-2H3. The van der Waals surface area contributed by atoms with E-state index in [0.717, 1.165) is 39.8 Å². The number of rotatable bonds is 0. The fourth-order valence-electron chi connectivity index (χ4n) is 4.38. The highest BCUT2D eigenvalue weighted by molar-refractivity contribution is 7.87. The maximum Gasteiger partial charge on any atom is 0.298 e. The van der Waals surface area contributed by atoms with Crippen LogP contribution in [0.2, 0.25) is 0 Å². The minimum absolute atomic E-state index is 0.264. The summed E-state index contributed by atoms with van der Waals surface area (Å²) >= 11 is 0.